The first-order valence-corrected chi connectivity index (χ1v) is 10.1. The van der Waals surface area contributed by atoms with Crippen molar-refractivity contribution in [1.29, 1.82) is 0 Å². The minimum atomic E-state index is -3.47. The highest BCUT2D eigenvalue weighted by molar-refractivity contribution is 7.53. The molecular weight excluding hydrogens is 351 g/mol. The molecule has 0 radical (unpaired) electrons. The molecule has 1 unspecified atom stereocenters. The molecule has 9 nitrogen and oxygen atoms in total. The maximum absolute atomic E-state index is 13.0. The van der Waals surface area contributed by atoms with Crippen molar-refractivity contribution in [1.82, 2.24) is 9.55 Å². The fraction of sp³-hybridized carbons (Fsp3) is 0.733. The average molecular weight is 374 g/mol. The van der Waals surface area contributed by atoms with Crippen molar-refractivity contribution in [3.05, 3.63) is 32.1 Å². The monoisotopic (exact) mass is 374 g/mol. The Hall–Kier alpha value is -1.25. The highest BCUT2D eigenvalue weighted by Crippen LogP contribution is 2.55. The van der Waals surface area contributed by atoms with Crippen molar-refractivity contribution < 1.29 is 23.5 Å². The van der Waals surface area contributed by atoms with Crippen LogP contribution in [-0.4, -0.2) is 46.2 Å². The van der Waals surface area contributed by atoms with E-state index in [0.29, 0.717) is 11.3 Å². The van der Waals surface area contributed by atoms with Crippen LogP contribution in [0.3, 0.4) is 0 Å². The second-order valence-corrected chi connectivity index (χ2v) is 8.34. The van der Waals surface area contributed by atoms with Crippen LogP contribution in [0, 0.1) is 6.92 Å². The first-order valence-electron chi connectivity index (χ1n) is 8.38. The number of aliphatic hydroxyl groups excluding tert-OH is 1. The summed E-state index contributed by atoms with van der Waals surface area (Å²) in [5, 5.41) is 10.3. The summed E-state index contributed by atoms with van der Waals surface area (Å²) in [6.45, 7) is 5.40. The number of fused-ring (bicyclic) bond motifs is 4. The van der Waals surface area contributed by atoms with Gasteiger partial charge >= 0.3 is 13.3 Å². The second-order valence-electron chi connectivity index (χ2n) is 6.23. The molecule has 25 heavy (non-hydrogen) atoms. The molecule has 3 rings (SSSR count). The maximum atomic E-state index is 13.0. The highest BCUT2D eigenvalue weighted by Gasteiger charge is 2.50. The summed E-state index contributed by atoms with van der Waals surface area (Å²) in [6, 6.07) is 0. The molecule has 0 aliphatic carbocycles. The fourth-order valence-electron chi connectivity index (χ4n) is 3.72. The van der Waals surface area contributed by atoms with Gasteiger partial charge in [0.05, 0.1) is 31.6 Å². The zero-order chi connectivity index (χ0) is 18.4. The lowest BCUT2D eigenvalue weighted by Gasteiger charge is -2.35. The fourth-order valence-corrected chi connectivity index (χ4v) is 5.66. The van der Waals surface area contributed by atoms with Crippen molar-refractivity contribution in [3.63, 3.8) is 0 Å². The van der Waals surface area contributed by atoms with E-state index in [1.165, 1.54) is 4.57 Å². The van der Waals surface area contributed by atoms with Crippen LogP contribution in [0.1, 0.15) is 43.7 Å². The third-order valence-corrected chi connectivity index (χ3v) is 6.81. The predicted molar refractivity (Wildman–Crippen MR) is 89.1 cm³/mol. The van der Waals surface area contributed by atoms with Crippen molar-refractivity contribution >= 4 is 7.60 Å². The third kappa shape index (κ3) is 3.15. The summed E-state index contributed by atoms with van der Waals surface area (Å²) >= 11 is 0. The van der Waals surface area contributed by atoms with Gasteiger partial charge in [0, 0.05) is 23.6 Å². The first-order chi connectivity index (χ1) is 11.8. The molecule has 2 bridgehead atoms. The van der Waals surface area contributed by atoms with Gasteiger partial charge in [-0.2, -0.15) is 0 Å². The van der Waals surface area contributed by atoms with Crippen molar-refractivity contribution in [2.24, 2.45) is 0 Å². The zero-order valence-electron chi connectivity index (χ0n) is 14.4. The molecule has 0 amide bonds. The number of ether oxygens (including phenoxy) is 1. The number of H-pyrrole nitrogens is 1. The Labute approximate surface area is 144 Å². The summed E-state index contributed by atoms with van der Waals surface area (Å²) in [5.74, 6) is -0.646. The standard InChI is InChI=1S/C15H23N2O7P/c1-4-22-25(21,23-5-2)7-9-12-8(3)14(19)16-15(20)17(12)11-6-10(18)13(9)24-11/h9-11,13,18H,4-7H2,1-3H3,(H,16,19,20)/t9-,10?,11-,13-/m1/s1. The van der Waals surface area contributed by atoms with Gasteiger partial charge in [-0.05, 0) is 20.8 Å². The molecule has 0 saturated carbocycles. The van der Waals surface area contributed by atoms with E-state index in [2.05, 4.69) is 4.98 Å². The number of aliphatic hydroxyl groups is 1. The number of rotatable bonds is 6. The SMILES string of the molecule is CCOP(=O)(C[C@@H]1c2c(C)c(=O)[nH]c(=O)n2[C@H]2CC(O)[C@@H]1O2)OCC. The van der Waals surface area contributed by atoms with Gasteiger partial charge in [-0.1, -0.05) is 0 Å². The number of nitrogens with zero attached hydrogens (tertiary/aromatic N) is 1. The van der Waals surface area contributed by atoms with E-state index in [4.69, 9.17) is 13.8 Å². The topological polar surface area (TPSA) is 120 Å². The lowest BCUT2D eigenvalue weighted by Crippen LogP contribution is -2.44. The van der Waals surface area contributed by atoms with Crippen LogP contribution >= 0.6 is 7.60 Å². The molecule has 1 aromatic heterocycles. The van der Waals surface area contributed by atoms with Gasteiger partial charge in [-0.15, -0.1) is 0 Å². The van der Waals surface area contributed by atoms with E-state index in [1.807, 2.05) is 0 Å². The van der Waals surface area contributed by atoms with E-state index >= 15 is 0 Å². The predicted octanol–water partition coefficient (Wildman–Crippen LogP) is 0.857. The number of aromatic amines is 1. The molecule has 2 N–H and O–H groups in total. The van der Waals surface area contributed by atoms with E-state index in [0.717, 1.165) is 0 Å². The molecule has 1 saturated heterocycles. The molecule has 0 aromatic carbocycles. The second kappa shape index (κ2) is 6.81. The van der Waals surface area contributed by atoms with Crippen LogP contribution in [0.25, 0.3) is 0 Å². The molecule has 1 aromatic rings. The van der Waals surface area contributed by atoms with Gasteiger partial charge < -0.3 is 18.9 Å². The minimum Gasteiger partial charge on any atom is -0.390 e. The summed E-state index contributed by atoms with van der Waals surface area (Å²) in [7, 11) is -3.47. The van der Waals surface area contributed by atoms with Gasteiger partial charge in [0.25, 0.3) is 5.56 Å². The lowest BCUT2D eigenvalue weighted by molar-refractivity contribution is -0.0550. The smallest absolute Gasteiger partial charge is 0.331 e. The van der Waals surface area contributed by atoms with Gasteiger partial charge in [0.15, 0.2) is 0 Å². The highest BCUT2D eigenvalue weighted by atomic mass is 31.2. The Morgan fingerprint density at radius 1 is 1.32 bits per heavy atom. The third-order valence-electron chi connectivity index (χ3n) is 4.67. The molecule has 4 atom stereocenters. The van der Waals surface area contributed by atoms with Gasteiger partial charge in [-0.3, -0.25) is 18.9 Å². The summed E-state index contributed by atoms with van der Waals surface area (Å²) in [6.07, 6.45) is -1.99. The van der Waals surface area contributed by atoms with E-state index in [1.54, 1.807) is 20.8 Å². The van der Waals surface area contributed by atoms with E-state index < -0.39 is 43.2 Å². The van der Waals surface area contributed by atoms with Crippen LogP contribution in [0.2, 0.25) is 0 Å². The molecule has 2 aliphatic heterocycles. The first kappa shape index (κ1) is 18.5. The Bertz CT molecular complexity index is 807. The summed E-state index contributed by atoms with van der Waals surface area (Å²) < 4.78 is 30.8. The van der Waals surface area contributed by atoms with Crippen LogP contribution < -0.4 is 11.2 Å². The molecule has 3 heterocycles. The normalized spacial score (nSPS) is 28.2. The van der Waals surface area contributed by atoms with Crippen LogP contribution in [-0.2, 0) is 18.3 Å². The van der Waals surface area contributed by atoms with Crippen molar-refractivity contribution in [2.45, 2.75) is 51.5 Å². The number of hydrogen-bond acceptors (Lipinski definition) is 7. The average Bonchev–Trinajstić information content (AvgIpc) is 2.85. The summed E-state index contributed by atoms with van der Waals surface area (Å²) in [5.41, 5.74) is -0.321. The largest absolute Gasteiger partial charge is 0.390 e. The van der Waals surface area contributed by atoms with Crippen molar-refractivity contribution in [3.8, 4) is 0 Å². The number of hydrogen-bond donors (Lipinski definition) is 2. The Morgan fingerprint density at radius 3 is 2.56 bits per heavy atom. The lowest BCUT2D eigenvalue weighted by atomic mass is 9.94. The Morgan fingerprint density at radius 2 is 1.96 bits per heavy atom. The summed E-state index contributed by atoms with van der Waals surface area (Å²) in [4.78, 5) is 26.7. The van der Waals surface area contributed by atoms with E-state index in [-0.39, 0.29) is 25.8 Å². The Balaban J connectivity index is 2.13. The molecule has 2 aliphatic rings. The molecule has 1 fully saturated rings. The van der Waals surface area contributed by atoms with E-state index in [9.17, 15) is 19.3 Å². The van der Waals surface area contributed by atoms with Gasteiger partial charge in [-0.25, -0.2) is 4.79 Å². The zero-order valence-corrected chi connectivity index (χ0v) is 15.3. The number of aromatic nitrogens is 2. The molecule has 10 heteroatoms. The van der Waals surface area contributed by atoms with Gasteiger partial charge in [0.2, 0.25) is 0 Å². The van der Waals surface area contributed by atoms with Crippen LogP contribution in [0.4, 0.5) is 0 Å². The molecular formula is C15H23N2O7P. The van der Waals surface area contributed by atoms with Crippen molar-refractivity contribution in [2.75, 3.05) is 19.4 Å². The van der Waals surface area contributed by atoms with Crippen LogP contribution in [0.15, 0.2) is 9.59 Å². The Kier molecular flexibility index (Phi) is 5.05. The molecule has 0 spiro atoms. The number of nitrogens with one attached hydrogen (secondary N) is 1. The minimum absolute atomic E-state index is 0.0765. The quantitative estimate of drug-likeness (QED) is 0.709. The van der Waals surface area contributed by atoms with Crippen LogP contribution in [0.5, 0.6) is 0 Å². The molecule has 140 valence electrons. The van der Waals surface area contributed by atoms with Gasteiger partial charge in [0.1, 0.15) is 6.23 Å². The maximum Gasteiger partial charge on any atom is 0.331 e.